The lowest BCUT2D eigenvalue weighted by Crippen LogP contribution is -2.37. The Labute approximate surface area is 120 Å². The summed E-state index contributed by atoms with van der Waals surface area (Å²) in [6.45, 7) is 0.0336. The van der Waals surface area contributed by atoms with Gasteiger partial charge in [-0.25, -0.2) is 8.78 Å². The smallest absolute Gasteiger partial charge is 0.191 e. The number of para-hydroxylation sites is 2. The second-order valence-corrected chi connectivity index (χ2v) is 4.71. The highest BCUT2D eigenvalue weighted by Crippen LogP contribution is 2.31. The molecular formula is C16H12F2O3. The van der Waals surface area contributed by atoms with Crippen LogP contribution in [0.25, 0.3) is 0 Å². The van der Waals surface area contributed by atoms with Crippen molar-refractivity contribution in [3.8, 4) is 11.5 Å². The first-order valence-electron chi connectivity index (χ1n) is 6.49. The van der Waals surface area contributed by atoms with Crippen molar-refractivity contribution in [2.45, 2.75) is 12.5 Å². The average Bonchev–Trinajstić information content (AvgIpc) is 2.50. The van der Waals surface area contributed by atoms with Gasteiger partial charge in [0.2, 0.25) is 0 Å². The molecule has 0 spiro atoms. The molecule has 2 aromatic carbocycles. The zero-order valence-electron chi connectivity index (χ0n) is 11.0. The third-order valence-corrected chi connectivity index (χ3v) is 3.28. The molecule has 0 saturated heterocycles. The largest absolute Gasteiger partial charge is 0.485 e. The summed E-state index contributed by atoms with van der Waals surface area (Å²) in [5.74, 6) is -0.885. The van der Waals surface area contributed by atoms with Gasteiger partial charge in [0.25, 0.3) is 0 Å². The molecule has 3 rings (SSSR count). The van der Waals surface area contributed by atoms with Gasteiger partial charge in [0.05, 0.1) is 0 Å². The predicted molar refractivity (Wildman–Crippen MR) is 71.4 cm³/mol. The molecule has 3 nitrogen and oxygen atoms in total. The van der Waals surface area contributed by atoms with Gasteiger partial charge in [0.15, 0.2) is 23.4 Å². The molecule has 2 aromatic rings. The predicted octanol–water partition coefficient (Wildman–Crippen LogP) is 2.92. The zero-order chi connectivity index (χ0) is 14.8. The van der Waals surface area contributed by atoms with E-state index in [2.05, 4.69) is 0 Å². The van der Waals surface area contributed by atoms with Crippen LogP contribution in [0.5, 0.6) is 11.5 Å². The van der Waals surface area contributed by atoms with Crippen LogP contribution in [0.15, 0.2) is 42.5 Å². The summed E-state index contributed by atoms with van der Waals surface area (Å²) in [6.07, 6.45) is -1.23. The molecule has 1 aliphatic heterocycles. The van der Waals surface area contributed by atoms with E-state index in [0.29, 0.717) is 11.5 Å². The number of ether oxygens (including phenoxy) is 2. The molecule has 0 N–H and O–H groups in total. The summed E-state index contributed by atoms with van der Waals surface area (Å²) in [7, 11) is 0. The molecule has 0 aromatic heterocycles. The van der Waals surface area contributed by atoms with Crippen LogP contribution in [0.3, 0.4) is 0 Å². The Morgan fingerprint density at radius 1 is 1.05 bits per heavy atom. The number of rotatable bonds is 3. The number of carbonyl (C=O) groups is 1. The third-order valence-electron chi connectivity index (χ3n) is 3.28. The molecule has 5 heteroatoms. The van der Waals surface area contributed by atoms with E-state index < -0.39 is 23.5 Å². The van der Waals surface area contributed by atoms with Crippen LogP contribution in [-0.2, 0) is 11.2 Å². The van der Waals surface area contributed by atoms with E-state index in [9.17, 15) is 13.6 Å². The molecule has 0 saturated carbocycles. The lowest BCUT2D eigenvalue weighted by Gasteiger charge is -2.25. The topological polar surface area (TPSA) is 35.5 Å². The second kappa shape index (κ2) is 5.52. The van der Waals surface area contributed by atoms with Crippen molar-refractivity contribution in [1.29, 1.82) is 0 Å². The first-order chi connectivity index (χ1) is 10.1. The SMILES string of the molecule is O=C(Cc1c(F)cccc1F)C1COc2ccccc2O1. The highest BCUT2D eigenvalue weighted by molar-refractivity contribution is 5.86. The van der Waals surface area contributed by atoms with Crippen LogP contribution in [0.4, 0.5) is 8.78 Å². The van der Waals surface area contributed by atoms with E-state index in [1.54, 1.807) is 24.3 Å². The minimum Gasteiger partial charge on any atom is -0.485 e. The molecule has 0 aliphatic carbocycles. The summed E-state index contributed by atoms with van der Waals surface area (Å²) in [5.41, 5.74) is -0.245. The number of hydrogen-bond donors (Lipinski definition) is 0. The van der Waals surface area contributed by atoms with Crippen LogP contribution < -0.4 is 9.47 Å². The summed E-state index contributed by atoms with van der Waals surface area (Å²) in [5, 5.41) is 0. The Morgan fingerprint density at radius 3 is 2.43 bits per heavy atom. The van der Waals surface area contributed by atoms with E-state index >= 15 is 0 Å². The average molecular weight is 290 g/mol. The van der Waals surface area contributed by atoms with E-state index in [1.165, 1.54) is 6.07 Å². The van der Waals surface area contributed by atoms with Crippen molar-refractivity contribution in [3.05, 3.63) is 59.7 Å². The first kappa shape index (κ1) is 13.5. The molecule has 0 amide bonds. The molecule has 1 unspecified atom stereocenters. The van der Waals surface area contributed by atoms with Crippen molar-refractivity contribution in [1.82, 2.24) is 0 Å². The lowest BCUT2D eigenvalue weighted by molar-refractivity contribution is -0.127. The summed E-state index contributed by atoms with van der Waals surface area (Å²) in [4.78, 5) is 12.1. The summed E-state index contributed by atoms with van der Waals surface area (Å²) >= 11 is 0. The van der Waals surface area contributed by atoms with E-state index in [4.69, 9.17) is 9.47 Å². The van der Waals surface area contributed by atoms with Gasteiger partial charge < -0.3 is 9.47 Å². The molecule has 1 aliphatic rings. The number of fused-ring (bicyclic) bond motifs is 1. The highest BCUT2D eigenvalue weighted by Gasteiger charge is 2.28. The standard InChI is InChI=1S/C16H12F2O3/c17-11-4-3-5-12(18)10(11)8-13(19)16-9-20-14-6-1-2-7-15(14)21-16/h1-7,16H,8-9H2. The van der Waals surface area contributed by atoms with Gasteiger partial charge in [-0.15, -0.1) is 0 Å². The van der Waals surface area contributed by atoms with Crippen LogP contribution in [0.2, 0.25) is 0 Å². The van der Waals surface area contributed by atoms with Gasteiger partial charge >= 0.3 is 0 Å². The van der Waals surface area contributed by atoms with Crippen LogP contribution >= 0.6 is 0 Å². The zero-order valence-corrected chi connectivity index (χ0v) is 11.0. The fourth-order valence-corrected chi connectivity index (χ4v) is 2.17. The molecule has 1 heterocycles. The van der Waals surface area contributed by atoms with Crippen molar-refractivity contribution < 1.29 is 23.0 Å². The molecular weight excluding hydrogens is 278 g/mol. The van der Waals surface area contributed by atoms with Crippen molar-refractivity contribution in [2.24, 2.45) is 0 Å². The fourth-order valence-electron chi connectivity index (χ4n) is 2.17. The Morgan fingerprint density at radius 2 is 1.71 bits per heavy atom. The first-order valence-corrected chi connectivity index (χ1v) is 6.49. The number of benzene rings is 2. The molecule has 108 valence electrons. The molecule has 0 bridgehead atoms. The van der Waals surface area contributed by atoms with Crippen molar-refractivity contribution in [2.75, 3.05) is 6.61 Å². The Kier molecular flexibility index (Phi) is 3.56. The molecule has 0 radical (unpaired) electrons. The normalized spacial score (nSPS) is 16.6. The third kappa shape index (κ3) is 2.72. The highest BCUT2D eigenvalue weighted by atomic mass is 19.1. The maximum Gasteiger partial charge on any atom is 0.191 e. The molecule has 1 atom stereocenters. The fraction of sp³-hybridized carbons (Fsp3) is 0.188. The van der Waals surface area contributed by atoms with Crippen molar-refractivity contribution >= 4 is 5.78 Å². The van der Waals surface area contributed by atoms with Gasteiger partial charge in [-0.2, -0.15) is 0 Å². The number of Topliss-reactive ketones (excluding diaryl/α,β-unsaturated/α-hetero) is 1. The maximum absolute atomic E-state index is 13.6. The van der Waals surface area contributed by atoms with Crippen LogP contribution in [0, 0.1) is 11.6 Å². The summed E-state index contributed by atoms with van der Waals surface area (Å²) in [6, 6.07) is 10.5. The van der Waals surface area contributed by atoms with Gasteiger partial charge in [-0.3, -0.25) is 4.79 Å². The Balaban J connectivity index is 1.76. The Hall–Kier alpha value is -2.43. The minimum absolute atomic E-state index is 0.0336. The van der Waals surface area contributed by atoms with E-state index in [1.807, 2.05) is 0 Å². The van der Waals surface area contributed by atoms with Crippen LogP contribution in [-0.4, -0.2) is 18.5 Å². The lowest BCUT2D eigenvalue weighted by atomic mass is 10.0. The Bertz CT molecular complexity index is 665. The molecule has 21 heavy (non-hydrogen) atoms. The van der Waals surface area contributed by atoms with Gasteiger partial charge in [-0.05, 0) is 24.3 Å². The van der Waals surface area contributed by atoms with E-state index in [-0.39, 0.29) is 18.6 Å². The quantitative estimate of drug-likeness (QED) is 0.872. The number of ketones is 1. The number of carbonyl (C=O) groups excluding carboxylic acids is 1. The minimum atomic E-state index is -0.862. The monoisotopic (exact) mass is 290 g/mol. The van der Waals surface area contributed by atoms with Crippen molar-refractivity contribution in [3.63, 3.8) is 0 Å². The second-order valence-electron chi connectivity index (χ2n) is 4.71. The number of halogens is 2. The van der Waals surface area contributed by atoms with E-state index in [0.717, 1.165) is 12.1 Å². The van der Waals surface area contributed by atoms with Gasteiger partial charge in [0.1, 0.15) is 18.2 Å². The van der Waals surface area contributed by atoms with Gasteiger partial charge in [0, 0.05) is 12.0 Å². The maximum atomic E-state index is 13.6. The van der Waals surface area contributed by atoms with Gasteiger partial charge in [-0.1, -0.05) is 18.2 Å². The van der Waals surface area contributed by atoms with Crippen LogP contribution in [0.1, 0.15) is 5.56 Å². The summed E-state index contributed by atoms with van der Waals surface area (Å²) < 4.78 is 38.1. The number of hydrogen-bond acceptors (Lipinski definition) is 3. The molecule has 0 fully saturated rings.